The topological polar surface area (TPSA) is 77.7 Å². The number of amides is 1. The van der Waals surface area contributed by atoms with Gasteiger partial charge in [-0.15, -0.1) is 0 Å². The maximum Gasteiger partial charge on any atom is 0.277 e. The molecular weight excluding hydrogens is 548 g/mol. The lowest BCUT2D eigenvalue weighted by atomic mass is 10.1. The lowest BCUT2D eigenvalue weighted by Crippen LogP contribution is -2.24. The Kier molecular flexibility index (Phi) is 8.84. The lowest BCUT2D eigenvalue weighted by molar-refractivity contribution is -0.123. The van der Waals surface area contributed by atoms with Gasteiger partial charge in [-0.2, -0.15) is 10.2 Å². The molecule has 1 amide bonds. The number of nitrogens with zero attached hydrogens (tertiary/aromatic N) is 3. The van der Waals surface area contributed by atoms with Crippen LogP contribution in [-0.4, -0.2) is 28.5 Å². The quantitative estimate of drug-likeness (QED) is 0.129. The lowest BCUT2D eigenvalue weighted by Gasteiger charge is -2.07. The van der Waals surface area contributed by atoms with Gasteiger partial charge in [-0.3, -0.25) is 4.79 Å². The van der Waals surface area contributed by atoms with Gasteiger partial charge in [-0.25, -0.2) is 10.1 Å². The molecule has 0 unspecified atom stereocenters. The minimum absolute atomic E-state index is 0.164. The Balaban J connectivity index is 1.11. The Hall–Kier alpha value is -5.95. The molecule has 216 valence electrons. The van der Waals surface area contributed by atoms with E-state index in [4.69, 9.17) is 14.6 Å². The number of carbonyl (C=O) groups is 1. The standard InChI is InChI=1S/C37H30N4O3/c42-36(27-44-35-20-16-30(17-21-35)29-12-6-2-7-13-29)39-38-24-32-25-41(33-14-8-3-9-15-33)40-37(32)31-18-22-34(23-19-31)43-26-28-10-4-1-5-11-28/h1-25H,26-27H2,(H,39,42)/b38-24-. The summed E-state index contributed by atoms with van der Waals surface area (Å²) in [5.41, 5.74) is 9.11. The molecule has 7 nitrogen and oxygen atoms in total. The van der Waals surface area contributed by atoms with Crippen LogP contribution in [0.2, 0.25) is 0 Å². The zero-order valence-corrected chi connectivity index (χ0v) is 23.9. The Bertz CT molecular complexity index is 1820. The number of ether oxygens (including phenoxy) is 2. The summed E-state index contributed by atoms with van der Waals surface area (Å²) in [6, 6.07) is 45.3. The van der Waals surface area contributed by atoms with Gasteiger partial charge >= 0.3 is 0 Å². The first-order valence-corrected chi connectivity index (χ1v) is 14.2. The van der Waals surface area contributed by atoms with Gasteiger partial charge in [0.25, 0.3) is 5.91 Å². The van der Waals surface area contributed by atoms with E-state index < -0.39 is 0 Å². The molecule has 5 aromatic carbocycles. The summed E-state index contributed by atoms with van der Waals surface area (Å²) in [6.07, 6.45) is 3.47. The molecule has 1 N–H and O–H groups in total. The third-order valence-corrected chi connectivity index (χ3v) is 6.86. The molecule has 1 aromatic heterocycles. The molecule has 0 bridgehead atoms. The predicted octanol–water partition coefficient (Wildman–Crippen LogP) is 7.31. The van der Waals surface area contributed by atoms with E-state index in [1.165, 1.54) is 0 Å². The summed E-state index contributed by atoms with van der Waals surface area (Å²) in [7, 11) is 0. The van der Waals surface area contributed by atoms with Gasteiger partial charge in [-0.05, 0) is 65.2 Å². The van der Waals surface area contributed by atoms with Gasteiger partial charge in [0.15, 0.2) is 6.61 Å². The van der Waals surface area contributed by atoms with E-state index in [1.807, 2.05) is 146 Å². The van der Waals surface area contributed by atoms with Crippen LogP contribution in [0.4, 0.5) is 0 Å². The van der Waals surface area contributed by atoms with Crippen LogP contribution in [-0.2, 0) is 11.4 Å². The van der Waals surface area contributed by atoms with Crippen LogP contribution >= 0.6 is 0 Å². The molecule has 0 fully saturated rings. The van der Waals surface area contributed by atoms with E-state index >= 15 is 0 Å². The average molecular weight is 579 g/mol. The number of aromatic nitrogens is 2. The van der Waals surface area contributed by atoms with E-state index in [-0.39, 0.29) is 12.5 Å². The molecule has 44 heavy (non-hydrogen) atoms. The fourth-order valence-electron chi connectivity index (χ4n) is 4.60. The van der Waals surface area contributed by atoms with Crippen molar-refractivity contribution < 1.29 is 14.3 Å². The number of rotatable bonds is 11. The number of hydrogen-bond donors (Lipinski definition) is 1. The third kappa shape index (κ3) is 7.27. The van der Waals surface area contributed by atoms with Crippen molar-refractivity contribution in [2.75, 3.05) is 6.61 Å². The van der Waals surface area contributed by atoms with Crippen molar-refractivity contribution in [2.45, 2.75) is 6.61 Å². The number of carbonyl (C=O) groups excluding carboxylic acids is 1. The summed E-state index contributed by atoms with van der Waals surface area (Å²) in [5, 5.41) is 9.02. The minimum Gasteiger partial charge on any atom is -0.489 e. The van der Waals surface area contributed by atoms with Gasteiger partial charge in [0.1, 0.15) is 23.8 Å². The maximum atomic E-state index is 12.5. The van der Waals surface area contributed by atoms with E-state index in [0.717, 1.165) is 44.9 Å². The molecule has 0 aliphatic rings. The van der Waals surface area contributed by atoms with Crippen molar-refractivity contribution in [1.29, 1.82) is 0 Å². The first kappa shape index (κ1) is 28.2. The molecule has 0 spiro atoms. The summed E-state index contributed by atoms with van der Waals surface area (Å²) in [5.74, 6) is 0.994. The second-order valence-electron chi connectivity index (χ2n) is 9.98. The number of hydrazone groups is 1. The van der Waals surface area contributed by atoms with Crippen molar-refractivity contribution in [1.82, 2.24) is 15.2 Å². The van der Waals surface area contributed by atoms with Crippen LogP contribution < -0.4 is 14.9 Å². The molecule has 0 saturated carbocycles. The van der Waals surface area contributed by atoms with Crippen molar-refractivity contribution in [3.8, 4) is 39.6 Å². The highest BCUT2D eigenvalue weighted by Gasteiger charge is 2.12. The molecule has 0 radical (unpaired) electrons. The molecule has 6 rings (SSSR count). The first-order valence-electron chi connectivity index (χ1n) is 14.2. The van der Waals surface area contributed by atoms with Gasteiger partial charge in [0.05, 0.1) is 11.9 Å². The SMILES string of the molecule is O=C(COc1ccc(-c2ccccc2)cc1)N/N=C\c1cn(-c2ccccc2)nc1-c1ccc(OCc2ccccc2)cc1. The summed E-state index contributed by atoms with van der Waals surface area (Å²) < 4.78 is 13.4. The van der Waals surface area contributed by atoms with Crippen LogP contribution in [0, 0.1) is 0 Å². The Morgan fingerprint density at radius 1 is 0.682 bits per heavy atom. The van der Waals surface area contributed by atoms with Crippen LogP contribution in [0.5, 0.6) is 11.5 Å². The fraction of sp³-hybridized carbons (Fsp3) is 0.0541. The molecule has 0 aliphatic heterocycles. The highest BCUT2D eigenvalue weighted by molar-refractivity contribution is 5.90. The Morgan fingerprint density at radius 2 is 1.25 bits per heavy atom. The van der Waals surface area contributed by atoms with Crippen molar-refractivity contribution in [2.24, 2.45) is 5.10 Å². The zero-order chi connectivity index (χ0) is 30.0. The third-order valence-electron chi connectivity index (χ3n) is 6.86. The summed E-state index contributed by atoms with van der Waals surface area (Å²) in [4.78, 5) is 12.5. The predicted molar refractivity (Wildman–Crippen MR) is 173 cm³/mol. The highest BCUT2D eigenvalue weighted by Crippen LogP contribution is 2.26. The van der Waals surface area contributed by atoms with E-state index in [1.54, 1.807) is 10.9 Å². The second-order valence-corrected chi connectivity index (χ2v) is 9.98. The zero-order valence-electron chi connectivity index (χ0n) is 23.9. The van der Waals surface area contributed by atoms with Crippen molar-refractivity contribution in [3.63, 3.8) is 0 Å². The first-order chi connectivity index (χ1) is 21.7. The smallest absolute Gasteiger partial charge is 0.277 e. The fourth-order valence-corrected chi connectivity index (χ4v) is 4.60. The number of benzene rings is 5. The maximum absolute atomic E-state index is 12.5. The molecular formula is C37H30N4O3. The van der Waals surface area contributed by atoms with Gasteiger partial charge in [-0.1, -0.05) is 91.0 Å². The largest absolute Gasteiger partial charge is 0.489 e. The van der Waals surface area contributed by atoms with Gasteiger partial charge in [0, 0.05) is 17.3 Å². The average Bonchev–Trinajstić information content (AvgIpc) is 3.52. The van der Waals surface area contributed by atoms with Crippen LogP contribution in [0.15, 0.2) is 151 Å². The van der Waals surface area contributed by atoms with E-state index in [2.05, 4.69) is 10.5 Å². The number of hydrogen-bond acceptors (Lipinski definition) is 5. The van der Waals surface area contributed by atoms with Gasteiger partial charge in [0.2, 0.25) is 0 Å². The molecule has 0 aliphatic carbocycles. The van der Waals surface area contributed by atoms with Crippen molar-refractivity contribution >= 4 is 12.1 Å². The molecule has 7 heteroatoms. The molecule has 0 atom stereocenters. The van der Waals surface area contributed by atoms with E-state index in [0.29, 0.717) is 12.4 Å². The Morgan fingerprint density at radius 3 is 1.93 bits per heavy atom. The second kappa shape index (κ2) is 13.8. The minimum atomic E-state index is -0.370. The molecule has 1 heterocycles. The highest BCUT2D eigenvalue weighted by atomic mass is 16.5. The van der Waals surface area contributed by atoms with E-state index in [9.17, 15) is 4.79 Å². The Labute approximate surface area is 256 Å². The normalized spacial score (nSPS) is 10.9. The van der Waals surface area contributed by atoms with Crippen LogP contribution in [0.1, 0.15) is 11.1 Å². The molecule has 0 saturated heterocycles. The number of nitrogens with one attached hydrogen (secondary N) is 1. The monoisotopic (exact) mass is 578 g/mol. The summed E-state index contributed by atoms with van der Waals surface area (Å²) in [6.45, 7) is 0.325. The van der Waals surface area contributed by atoms with Crippen LogP contribution in [0.25, 0.3) is 28.1 Å². The van der Waals surface area contributed by atoms with Crippen molar-refractivity contribution in [3.05, 3.63) is 157 Å². The van der Waals surface area contributed by atoms with Crippen LogP contribution in [0.3, 0.4) is 0 Å². The number of para-hydroxylation sites is 1. The summed E-state index contributed by atoms with van der Waals surface area (Å²) >= 11 is 0. The molecule has 6 aromatic rings. The van der Waals surface area contributed by atoms with Gasteiger partial charge < -0.3 is 9.47 Å².